The molecule has 0 aromatic heterocycles. The van der Waals surface area contributed by atoms with Gasteiger partial charge in [-0.05, 0) is 35.4 Å². The minimum absolute atomic E-state index is 0.0351. The first-order valence-electron chi connectivity index (χ1n) is 10.0. The molecule has 0 saturated heterocycles. The minimum atomic E-state index is 0.0351. The Kier molecular flexibility index (Phi) is 6.59. The van der Waals surface area contributed by atoms with Crippen molar-refractivity contribution in [2.75, 3.05) is 0 Å². The van der Waals surface area contributed by atoms with E-state index in [1.807, 2.05) is 60.8 Å². The molecular weight excluding hydrogens is 352 g/mol. The third kappa shape index (κ3) is 5.88. The molecule has 2 heteroatoms. The molecule has 3 rings (SSSR count). The van der Waals surface area contributed by atoms with Crippen LogP contribution in [-0.4, -0.2) is 12.1 Å². The summed E-state index contributed by atoms with van der Waals surface area (Å²) < 4.78 is 0. The van der Waals surface area contributed by atoms with Gasteiger partial charge in [-0.25, -0.2) is 4.99 Å². The highest BCUT2D eigenvalue weighted by atomic mass is 14.8. The summed E-state index contributed by atoms with van der Waals surface area (Å²) in [7, 11) is 0. The highest BCUT2D eigenvalue weighted by molar-refractivity contribution is 5.99. The van der Waals surface area contributed by atoms with Gasteiger partial charge in [-0.1, -0.05) is 99.6 Å². The SMILES string of the molecule is C[C@H](N=CC(C)(C)C)c1ccccc1N=C=C(c1ccccc1)c1ccccc1. The predicted octanol–water partition coefficient (Wildman–Crippen LogP) is 7.30. The van der Waals surface area contributed by atoms with E-state index < -0.39 is 0 Å². The molecule has 0 bridgehead atoms. The molecule has 0 fully saturated rings. The quantitative estimate of drug-likeness (QED) is 0.415. The van der Waals surface area contributed by atoms with Crippen molar-refractivity contribution in [2.24, 2.45) is 15.4 Å². The normalized spacial score (nSPS) is 12.4. The Hall–Kier alpha value is -3.22. The highest BCUT2D eigenvalue weighted by Gasteiger charge is 2.11. The van der Waals surface area contributed by atoms with Crippen molar-refractivity contribution in [2.45, 2.75) is 33.7 Å². The first-order chi connectivity index (χ1) is 13.9. The minimum Gasteiger partial charge on any atom is -0.289 e. The van der Waals surface area contributed by atoms with E-state index in [0.717, 1.165) is 28.0 Å². The van der Waals surface area contributed by atoms with E-state index in [2.05, 4.69) is 63.9 Å². The maximum atomic E-state index is 4.76. The Bertz CT molecular complexity index is 977. The molecule has 0 aliphatic carbocycles. The largest absolute Gasteiger partial charge is 0.289 e. The number of rotatable bonds is 5. The van der Waals surface area contributed by atoms with E-state index in [4.69, 9.17) is 9.98 Å². The van der Waals surface area contributed by atoms with Gasteiger partial charge < -0.3 is 0 Å². The fourth-order valence-corrected chi connectivity index (χ4v) is 2.98. The summed E-state index contributed by atoms with van der Waals surface area (Å²) in [5, 5.41) is 0. The lowest BCUT2D eigenvalue weighted by Crippen LogP contribution is -2.07. The maximum Gasteiger partial charge on any atom is 0.0783 e. The van der Waals surface area contributed by atoms with Crippen molar-refractivity contribution in [3.05, 3.63) is 102 Å². The van der Waals surface area contributed by atoms with Crippen molar-refractivity contribution in [1.29, 1.82) is 0 Å². The maximum absolute atomic E-state index is 4.76. The van der Waals surface area contributed by atoms with E-state index in [-0.39, 0.29) is 11.5 Å². The molecule has 3 aromatic rings. The van der Waals surface area contributed by atoms with Crippen LogP contribution in [-0.2, 0) is 0 Å². The molecule has 0 aliphatic rings. The number of nitrogens with zero attached hydrogens (tertiary/aromatic N) is 2. The van der Waals surface area contributed by atoms with Crippen molar-refractivity contribution in [1.82, 2.24) is 0 Å². The van der Waals surface area contributed by atoms with E-state index >= 15 is 0 Å². The zero-order valence-corrected chi connectivity index (χ0v) is 17.6. The number of benzene rings is 3. The zero-order chi connectivity index (χ0) is 20.7. The van der Waals surface area contributed by atoms with Crippen LogP contribution in [0.4, 0.5) is 5.69 Å². The third-order valence-corrected chi connectivity index (χ3v) is 4.49. The van der Waals surface area contributed by atoms with Crippen LogP contribution in [0.5, 0.6) is 0 Å². The van der Waals surface area contributed by atoms with Crippen LogP contribution < -0.4 is 0 Å². The second-order valence-corrected chi connectivity index (χ2v) is 8.21. The van der Waals surface area contributed by atoms with E-state index in [9.17, 15) is 0 Å². The average Bonchev–Trinajstić information content (AvgIpc) is 2.73. The first kappa shape index (κ1) is 20.5. The van der Waals surface area contributed by atoms with Crippen LogP contribution >= 0.6 is 0 Å². The summed E-state index contributed by atoms with van der Waals surface area (Å²) in [6.45, 7) is 8.57. The van der Waals surface area contributed by atoms with Crippen LogP contribution in [0.2, 0.25) is 0 Å². The lowest BCUT2D eigenvalue weighted by atomic mass is 9.98. The molecule has 1 atom stereocenters. The average molecular weight is 381 g/mol. The van der Waals surface area contributed by atoms with Gasteiger partial charge in [0.05, 0.1) is 17.3 Å². The highest BCUT2D eigenvalue weighted by Crippen LogP contribution is 2.28. The van der Waals surface area contributed by atoms with Crippen LogP contribution in [0.25, 0.3) is 5.57 Å². The molecule has 0 unspecified atom stereocenters. The smallest absolute Gasteiger partial charge is 0.0783 e. The van der Waals surface area contributed by atoms with E-state index in [1.54, 1.807) is 0 Å². The molecule has 0 spiro atoms. The summed E-state index contributed by atoms with van der Waals surface area (Å²) in [4.78, 5) is 9.51. The van der Waals surface area contributed by atoms with E-state index in [0.29, 0.717) is 0 Å². The molecule has 0 radical (unpaired) electrons. The summed E-state index contributed by atoms with van der Waals surface area (Å²) in [6.07, 6.45) is 2.02. The number of aliphatic imine (C=N–C) groups is 2. The van der Waals surface area contributed by atoms with Gasteiger partial charge in [-0.2, -0.15) is 0 Å². The molecule has 0 N–H and O–H groups in total. The Labute approximate surface area is 174 Å². The van der Waals surface area contributed by atoms with Crippen LogP contribution in [0.1, 0.15) is 50.4 Å². The summed E-state index contributed by atoms with van der Waals surface area (Å²) in [6, 6.07) is 28.8. The van der Waals surface area contributed by atoms with Crippen LogP contribution in [0, 0.1) is 5.41 Å². The van der Waals surface area contributed by atoms with Gasteiger partial charge in [-0.3, -0.25) is 4.99 Å². The Morgan fingerprint density at radius 1 is 0.793 bits per heavy atom. The Morgan fingerprint density at radius 2 is 1.31 bits per heavy atom. The summed E-state index contributed by atoms with van der Waals surface area (Å²) in [5.41, 5.74) is 5.22. The second-order valence-electron chi connectivity index (χ2n) is 8.21. The molecule has 0 aliphatic heterocycles. The van der Waals surface area contributed by atoms with E-state index in [1.165, 1.54) is 0 Å². The van der Waals surface area contributed by atoms with Gasteiger partial charge >= 0.3 is 0 Å². The molecule has 0 saturated carbocycles. The molecule has 29 heavy (non-hydrogen) atoms. The fraction of sp³-hybridized carbons (Fsp3) is 0.222. The molecule has 0 heterocycles. The van der Waals surface area contributed by atoms with Crippen molar-refractivity contribution in [3.8, 4) is 0 Å². The number of hydrogen-bond donors (Lipinski definition) is 0. The van der Waals surface area contributed by atoms with Gasteiger partial charge in [0.1, 0.15) is 0 Å². The molecule has 0 amide bonds. The fourth-order valence-electron chi connectivity index (χ4n) is 2.98. The van der Waals surface area contributed by atoms with Crippen molar-refractivity contribution < 1.29 is 0 Å². The van der Waals surface area contributed by atoms with Crippen molar-refractivity contribution >= 4 is 23.3 Å². The topological polar surface area (TPSA) is 24.7 Å². The monoisotopic (exact) mass is 380 g/mol. The lowest BCUT2D eigenvalue weighted by Gasteiger charge is -2.14. The standard InChI is InChI=1S/C27H28N2/c1-21(29-20-27(2,3)4)24-17-11-12-18-26(24)28-19-25(22-13-7-5-8-14-22)23-15-9-6-10-16-23/h5-18,20-21H,1-4H3/t21-/m0/s1. The molecule has 146 valence electrons. The van der Waals surface area contributed by atoms with Crippen LogP contribution in [0.3, 0.4) is 0 Å². The van der Waals surface area contributed by atoms with Gasteiger partial charge in [0.2, 0.25) is 0 Å². The molecule has 2 nitrogen and oxygen atoms in total. The zero-order valence-electron chi connectivity index (χ0n) is 17.6. The molecule has 3 aromatic carbocycles. The van der Waals surface area contributed by atoms with Gasteiger partial charge in [0.15, 0.2) is 0 Å². The second kappa shape index (κ2) is 9.32. The summed E-state index contributed by atoms with van der Waals surface area (Å²) in [5.74, 6) is 3.33. The lowest BCUT2D eigenvalue weighted by molar-refractivity contribution is 0.599. The Morgan fingerprint density at radius 3 is 1.86 bits per heavy atom. The van der Waals surface area contributed by atoms with Gasteiger partial charge in [0, 0.05) is 11.8 Å². The Balaban J connectivity index is 2.06. The first-order valence-corrected chi connectivity index (χ1v) is 10.0. The van der Waals surface area contributed by atoms with Crippen LogP contribution in [0.15, 0.2) is 94.9 Å². The van der Waals surface area contributed by atoms with Gasteiger partial charge in [-0.15, -0.1) is 0 Å². The number of para-hydroxylation sites is 1. The molecular formula is C27H28N2. The number of hydrogen-bond acceptors (Lipinski definition) is 2. The summed E-state index contributed by atoms with van der Waals surface area (Å²) >= 11 is 0. The van der Waals surface area contributed by atoms with Gasteiger partial charge in [0.25, 0.3) is 0 Å². The third-order valence-electron chi connectivity index (χ3n) is 4.49. The predicted molar refractivity (Wildman–Crippen MR) is 125 cm³/mol. The van der Waals surface area contributed by atoms with Crippen molar-refractivity contribution in [3.63, 3.8) is 0 Å².